The summed E-state index contributed by atoms with van der Waals surface area (Å²) in [5.41, 5.74) is -0.779. The number of rotatable bonds is 4. The van der Waals surface area contributed by atoms with E-state index < -0.39 is 29.8 Å². The Hall–Kier alpha value is -2.57. The Morgan fingerprint density at radius 3 is 2.43 bits per heavy atom. The highest BCUT2D eigenvalue weighted by molar-refractivity contribution is 5.76. The smallest absolute Gasteiger partial charge is 0.348 e. The number of carbonyl (C=O) groups excluding carboxylic acids is 1. The number of pyridine rings is 1. The Morgan fingerprint density at radius 2 is 1.83 bits per heavy atom. The summed E-state index contributed by atoms with van der Waals surface area (Å²) >= 11 is 0. The minimum atomic E-state index is -4.57. The highest BCUT2D eigenvalue weighted by atomic mass is 19.4. The molecule has 0 saturated heterocycles. The number of carbonyl (C=O) groups is 1. The van der Waals surface area contributed by atoms with E-state index in [-0.39, 0.29) is 6.04 Å². The molecule has 2 aromatic rings. The summed E-state index contributed by atoms with van der Waals surface area (Å²) < 4.78 is 38.7. The van der Waals surface area contributed by atoms with Gasteiger partial charge in [0.05, 0.1) is 11.6 Å². The summed E-state index contributed by atoms with van der Waals surface area (Å²) in [7, 11) is 0. The lowest BCUT2D eigenvalue weighted by molar-refractivity contribution is -0.138. The number of aromatic nitrogens is 1. The third kappa shape index (κ3) is 4.45. The third-order valence-electron chi connectivity index (χ3n) is 3.30. The van der Waals surface area contributed by atoms with E-state index in [9.17, 15) is 22.8 Å². The summed E-state index contributed by atoms with van der Waals surface area (Å²) in [6.45, 7) is 1.28. The van der Waals surface area contributed by atoms with Gasteiger partial charge in [0.15, 0.2) is 0 Å². The average molecular weight is 324 g/mol. The highest BCUT2D eigenvalue weighted by Crippen LogP contribution is 2.27. The van der Waals surface area contributed by atoms with Gasteiger partial charge in [0, 0.05) is 12.3 Å². The fourth-order valence-corrected chi connectivity index (χ4v) is 2.09. The van der Waals surface area contributed by atoms with Gasteiger partial charge in [-0.3, -0.25) is 9.59 Å². The first kappa shape index (κ1) is 16.8. The summed E-state index contributed by atoms with van der Waals surface area (Å²) in [4.78, 5) is 23.6. The molecule has 0 radical (unpaired) electrons. The number of hydrogen-bond donors (Lipinski definition) is 1. The Balaban J connectivity index is 2.10. The molecule has 7 heteroatoms. The molecule has 1 heterocycles. The molecule has 1 aromatic heterocycles. The summed E-state index contributed by atoms with van der Waals surface area (Å²) in [5, 5.41) is 2.65. The lowest BCUT2D eigenvalue weighted by Gasteiger charge is -2.15. The number of nitrogens with one attached hydrogen (secondary N) is 1. The van der Waals surface area contributed by atoms with Crippen LogP contribution in [0, 0.1) is 0 Å². The zero-order chi connectivity index (χ0) is 17.0. The van der Waals surface area contributed by atoms with Crippen LogP contribution in [0.3, 0.4) is 0 Å². The van der Waals surface area contributed by atoms with Crippen LogP contribution in [0.1, 0.15) is 24.1 Å². The quantitative estimate of drug-likeness (QED) is 0.940. The molecule has 0 bridgehead atoms. The van der Waals surface area contributed by atoms with Crippen molar-refractivity contribution in [3.63, 3.8) is 0 Å². The van der Waals surface area contributed by atoms with Crippen LogP contribution in [-0.4, -0.2) is 10.5 Å². The van der Waals surface area contributed by atoms with Gasteiger partial charge in [-0.25, -0.2) is 0 Å². The zero-order valence-corrected chi connectivity index (χ0v) is 12.3. The van der Waals surface area contributed by atoms with E-state index in [1.165, 1.54) is 0 Å². The fourth-order valence-electron chi connectivity index (χ4n) is 2.09. The molecule has 0 unspecified atom stereocenters. The van der Waals surface area contributed by atoms with Gasteiger partial charge < -0.3 is 9.88 Å². The SMILES string of the molecule is C[C@H](NC(=O)Cn1cc(C(F)(F)F)ccc1=O)c1ccccc1. The third-order valence-corrected chi connectivity index (χ3v) is 3.30. The normalized spacial score (nSPS) is 12.7. The topological polar surface area (TPSA) is 51.1 Å². The van der Waals surface area contributed by atoms with Crippen molar-refractivity contribution in [1.29, 1.82) is 0 Å². The van der Waals surface area contributed by atoms with Crippen LogP contribution in [0.25, 0.3) is 0 Å². The molecule has 4 nitrogen and oxygen atoms in total. The fraction of sp³-hybridized carbons (Fsp3) is 0.250. The Morgan fingerprint density at radius 1 is 1.17 bits per heavy atom. The molecule has 0 saturated carbocycles. The second-order valence-corrected chi connectivity index (χ2v) is 5.08. The van der Waals surface area contributed by atoms with Gasteiger partial charge in [-0.15, -0.1) is 0 Å². The largest absolute Gasteiger partial charge is 0.417 e. The van der Waals surface area contributed by atoms with Crippen molar-refractivity contribution in [2.75, 3.05) is 0 Å². The molecule has 23 heavy (non-hydrogen) atoms. The maximum Gasteiger partial charge on any atom is 0.417 e. The predicted molar refractivity (Wildman–Crippen MR) is 78.7 cm³/mol. The average Bonchev–Trinajstić information content (AvgIpc) is 2.49. The van der Waals surface area contributed by atoms with Crippen LogP contribution >= 0.6 is 0 Å². The number of halogens is 3. The zero-order valence-electron chi connectivity index (χ0n) is 12.3. The predicted octanol–water partition coefficient (Wildman–Crippen LogP) is 2.74. The van der Waals surface area contributed by atoms with Crippen molar-refractivity contribution in [3.05, 3.63) is 70.1 Å². The number of hydrogen-bond acceptors (Lipinski definition) is 2. The Labute approximate surface area is 130 Å². The monoisotopic (exact) mass is 324 g/mol. The number of benzene rings is 1. The summed E-state index contributed by atoms with van der Waals surface area (Å²) in [6.07, 6.45) is -3.92. The molecule has 1 amide bonds. The molecule has 2 rings (SSSR count). The molecular weight excluding hydrogens is 309 g/mol. The Bertz CT molecular complexity index is 739. The van der Waals surface area contributed by atoms with Crippen molar-refractivity contribution in [2.24, 2.45) is 0 Å². The lowest BCUT2D eigenvalue weighted by Crippen LogP contribution is -2.34. The van der Waals surface area contributed by atoms with E-state index in [0.29, 0.717) is 12.3 Å². The molecule has 0 aliphatic rings. The minimum absolute atomic E-state index is 0.315. The number of alkyl halides is 3. The first-order valence-corrected chi connectivity index (χ1v) is 6.89. The number of nitrogens with zero attached hydrogens (tertiary/aromatic N) is 1. The molecule has 1 atom stereocenters. The van der Waals surface area contributed by atoms with Crippen LogP contribution in [0.5, 0.6) is 0 Å². The van der Waals surface area contributed by atoms with Crippen molar-refractivity contribution in [1.82, 2.24) is 9.88 Å². The Kier molecular flexibility index (Phi) is 4.88. The van der Waals surface area contributed by atoms with Gasteiger partial charge in [-0.1, -0.05) is 30.3 Å². The van der Waals surface area contributed by atoms with E-state index in [2.05, 4.69) is 5.32 Å². The van der Waals surface area contributed by atoms with E-state index >= 15 is 0 Å². The maximum absolute atomic E-state index is 12.7. The second kappa shape index (κ2) is 6.68. The molecule has 0 aliphatic carbocycles. The first-order valence-electron chi connectivity index (χ1n) is 6.89. The van der Waals surface area contributed by atoms with Gasteiger partial charge >= 0.3 is 6.18 Å². The van der Waals surface area contributed by atoms with Gasteiger partial charge in [0.1, 0.15) is 6.54 Å². The van der Waals surface area contributed by atoms with Crippen molar-refractivity contribution >= 4 is 5.91 Å². The summed E-state index contributed by atoms with van der Waals surface area (Å²) in [6, 6.07) is 10.3. The highest BCUT2D eigenvalue weighted by Gasteiger charge is 2.31. The number of amides is 1. The van der Waals surface area contributed by atoms with Gasteiger partial charge in [-0.05, 0) is 18.6 Å². The van der Waals surface area contributed by atoms with Crippen LogP contribution in [0.2, 0.25) is 0 Å². The molecule has 1 N–H and O–H groups in total. The molecule has 0 spiro atoms. The molecular formula is C16H15F3N2O2. The lowest BCUT2D eigenvalue weighted by atomic mass is 10.1. The van der Waals surface area contributed by atoms with E-state index in [1.807, 2.05) is 30.3 Å². The second-order valence-electron chi connectivity index (χ2n) is 5.08. The minimum Gasteiger partial charge on any atom is -0.348 e. The molecule has 122 valence electrons. The van der Waals surface area contributed by atoms with Gasteiger partial charge in [0.25, 0.3) is 5.56 Å². The van der Waals surface area contributed by atoms with Crippen LogP contribution in [-0.2, 0) is 17.5 Å². The van der Waals surface area contributed by atoms with E-state index in [0.717, 1.165) is 16.2 Å². The van der Waals surface area contributed by atoms with Gasteiger partial charge in [0.2, 0.25) is 5.91 Å². The van der Waals surface area contributed by atoms with E-state index in [1.54, 1.807) is 6.92 Å². The van der Waals surface area contributed by atoms with Crippen LogP contribution in [0.4, 0.5) is 13.2 Å². The molecule has 1 aromatic carbocycles. The maximum atomic E-state index is 12.7. The first-order chi connectivity index (χ1) is 10.8. The van der Waals surface area contributed by atoms with Crippen LogP contribution in [0.15, 0.2) is 53.5 Å². The summed E-state index contributed by atoms with van der Waals surface area (Å²) in [5.74, 6) is -0.539. The van der Waals surface area contributed by atoms with Crippen molar-refractivity contribution in [3.8, 4) is 0 Å². The van der Waals surface area contributed by atoms with Crippen LogP contribution < -0.4 is 10.9 Å². The molecule has 0 fully saturated rings. The standard InChI is InChI=1S/C16H15F3N2O2/c1-11(12-5-3-2-4-6-12)20-14(22)10-21-9-13(16(17,18)19)7-8-15(21)23/h2-9,11H,10H2,1H3,(H,20,22)/t11-/m0/s1. The van der Waals surface area contributed by atoms with Crippen molar-refractivity contribution < 1.29 is 18.0 Å². The van der Waals surface area contributed by atoms with Gasteiger partial charge in [-0.2, -0.15) is 13.2 Å². The molecule has 0 aliphatic heterocycles. The van der Waals surface area contributed by atoms with Crippen molar-refractivity contribution in [2.45, 2.75) is 25.7 Å². The van der Waals surface area contributed by atoms with E-state index in [4.69, 9.17) is 0 Å².